The van der Waals surface area contributed by atoms with Gasteiger partial charge in [0.25, 0.3) is 0 Å². The highest BCUT2D eigenvalue weighted by Crippen LogP contribution is 2.40. The first-order valence-corrected chi connectivity index (χ1v) is 8.69. The van der Waals surface area contributed by atoms with E-state index in [2.05, 4.69) is 12.2 Å². The summed E-state index contributed by atoms with van der Waals surface area (Å²) in [6.07, 6.45) is 5.50. The van der Waals surface area contributed by atoms with Crippen LogP contribution in [0.5, 0.6) is 0 Å². The van der Waals surface area contributed by atoms with E-state index in [0.29, 0.717) is 23.2 Å². The van der Waals surface area contributed by atoms with E-state index in [-0.39, 0.29) is 5.97 Å². The Morgan fingerprint density at radius 2 is 2.30 bits per heavy atom. The van der Waals surface area contributed by atoms with Gasteiger partial charge in [0, 0.05) is 17.1 Å². The van der Waals surface area contributed by atoms with E-state index in [1.165, 1.54) is 6.42 Å². The maximum Gasteiger partial charge on any atom is 0.326 e. The molecule has 0 aromatic heterocycles. The molecule has 0 spiro atoms. The molecular weight excluding hydrogens is 274 g/mol. The molecule has 4 nitrogen and oxygen atoms in total. The van der Waals surface area contributed by atoms with Crippen molar-refractivity contribution in [3.8, 4) is 0 Å². The first-order valence-electron chi connectivity index (χ1n) is 7.74. The van der Waals surface area contributed by atoms with Gasteiger partial charge in [-0.1, -0.05) is 0 Å². The van der Waals surface area contributed by atoms with Crippen LogP contribution in [0.2, 0.25) is 0 Å². The summed E-state index contributed by atoms with van der Waals surface area (Å²) >= 11 is 2.02. The highest BCUT2D eigenvalue weighted by atomic mass is 32.2. The summed E-state index contributed by atoms with van der Waals surface area (Å²) in [7, 11) is 1.88. The summed E-state index contributed by atoms with van der Waals surface area (Å²) in [5.74, 6) is -0.0801. The fourth-order valence-electron chi connectivity index (χ4n) is 3.26. The second-order valence-corrected chi connectivity index (χ2v) is 7.35. The molecule has 1 heterocycles. The number of ether oxygens (including phenoxy) is 2. The van der Waals surface area contributed by atoms with E-state index in [9.17, 15) is 4.79 Å². The van der Waals surface area contributed by atoms with Gasteiger partial charge in [0.1, 0.15) is 5.54 Å². The van der Waals surface area contributed by atoms with Gasteiger partial charge in [0.05, 0.1) is 12.7 Å². The van der Waals surface area contributed by atoms with E-state index in [0.717, 1.165) is 32.3 Å². The molecule has 0 bridgehead atoms. The Bertz CT molecular complexity index is 339. The first-order chi connectivity index (χ1) is 9.61. The molecule has 0 radical (unpaired) electrons. The van der Waals surface area contributed by atoms with Crippen molar-refractivity contribution in [3.05, 3.63) is 0 Å². The topological polar surface area (TPSA) is 47.6 Å². The van der Waals surface area contributed by atoms with Gasteiger partial charge in [-0.2, -0.15) is 11.8 Å². The highest BCUT2D eigenvalue weighted by Gasteiger charge is 2.44. The fraction of sp³-hybridized carbons (Fsp3) is 0.933. The first kappa shape index (κ1) is 16.1. The predicted molar refractivity (Wildman–Crippen MR) is 82.1 cm³/mol. The molecule has 20 heavy (non-hydrogen) atoms. The molecule has 4 unspecified atom stereocenters. The number of thioether (sulfide) groups is 1. The predicted octanol–water partition coefficient (Wildman–Crippen LogP) is 2.36. The van der Waals surface area contributed by atoms with Crippen LogP contribution in [0.25, 0.3) is 0 Å². The van der Waals surface area contributed by atoms with Crippen LogP contribution in [0.1, 0.15) is 46.0 Å². The van der Waals surface area contributed by atoms with Gasteiger partial charge in [0.15, 0.2) is 0 Å². The zero-order valence-electron chi connectivity index (χ0n) is 12.8. The number of rotatable bonds is 5. The monoisotopic (exact) mass is 301 g/mol. The quantitative estimate of drug-likeness (QED) is 0.790. The normalized spacial score (nSPS) is 37.9. The number of hydrogen-bond donors (Lipinski definition) is 1. The zero-order valence-corrected chi connectivity index (χ0v) is 13.6. The van der Waals surface area contributed by atoms with Crippen molar-refractivity contribution in [2.45, 2.75) is 68.1 Å². The van der Waals surface area contributed by atoms with E-state index in [1.807, 2.05) is 25.7 Å². The number of carbonyl (C=O) groups is 1. The molecule has 2 rings (SSSR count). The van der Waals surface area contributed by atoms with Crippen LogP contribution >= 0.6 is 11.8 Å². The van der Waals surface area contributed by atoms with E-state index in [4.69, 9.17) is 9.47 Å². The average molecular weight is 301 g/mol. The van der Waals surface area contributed by atoms with Gasteiger partial charge in [-0.15, -0.1) is 0 Å². The number of hydrogen-bond acceptors (Lipinski definition) is 5. The third kappa shape index (κ3) is 3.49. The SMILES string of the molecule is CCOC(=O)C1(NC)CCCC(SC2CCOC2C)C1. The lowest BCUT2D eigenvalue weighted by molar-refractivity contribution is -0.152. The maximum atomic E-state index is 12.3. The third-order valence-corrected chi connectivity index (χ3v) is 6.28. The summed E-state index contributed by atoms with van der Waals surface area (Å²) in [5, 5.41) is 4.35. The van der Waals surface area contributed by atoms with Crippen molar-refractivity contribution in [1.82, 2.24) is 5.32 Å². The molecule has 0 amide bonds. The number of nitrogens with one attached hydrogen (secondary N) is 1. The van der Waals surface area contributed by atoms with Crippen LogP contribution in [-0.2, 0) is 14.3 Å². The molecular formula is C15H27NO3S. The van der Waals surface area contributed by atoms with Gasteiger partial charge < -0.3 is 14.8 Å². The summed E-state index contributed by atoms with van der Waals surface area (Å²) in [6, 6.07) is 0. The minimum Gasteiger partial charge on any atom is -0.465 e. The van der Waals surface area contributed by atoms with Crippen LogP contribution in [0.15, 0.2) is 0 Å². The van der Waals surface area contributed by atoms with Crippen LogP contribution in [-0.4, -0.2) is 48.4 Å². The van der Waals surface area contributed by atoms with Gasteiger partial charge in [-0.3, -0.25) is 4.79 Å². The Labute approximate surface area is 126 Å². The summed E-state index contributed by atoms with van der Waals surface area (Å²) in [4.78, 5) is 12.3. The lowest BCUT2D eigenvalue weighted by atomic mass is 9.81. The zero-order chi connectivity index (χ0) is 14.6. The van der Waals surface area contributed by atoms with Crippen molar-refractivity contribution in [3.63, 3.8) is 0 Å². The Morgan fingerprint density at radius 3 is 2.90 bits per heavy atom. The Hall–Kier alpha value is -0.260. The van der Waals surface area contributed by atoms with Crippen LogP contribution in [0, 0.1) is 0 Å². The smallest absolute Gasteiger partial charge is 0.326 e. The van der Waals surface area contributed by atoms with Gasteiger partial charge >= 0.3 is 5.97 Å². The lowest BCUT2D eigenvalue weighted by Crippen LogP contribution is -2.55. The Balaban J connectivity index is 1.97. The lowest BCUT2D eigenvalue weighted by Gasteiger charge is -2.39. The molecule has 4 atom stereocenters. The molecule has 1 N–H and O–H groups in total. The standard InChI is InChI=1S/C15H27NO3S/c1-4-18-14(17)15(16-3)8-5-6-12(10-15)20-13-7-9-19-11(13)2/h11-13,16H,4-10H2,1-3H3. The molecule has 2 aliphatic rings. The number of carbonyl (C=O) groups excluding carboxylic acids is 1. The highest BCUT2D eigenvalue weighted by molar-refractivity contribution is 8.00. The van der Waals surface area contributed by atoms with Crippen molar-refractivity contribution in [1.29, 1.82) is 0 Å². The largest absolute Gasteiger partial charge is 0.465 e. The van der Waals surface area contributed by atoms with Crippen molar-refractivity contribution >= 4 is 17.7 Å². The van der Waals surface area contributed by atoms with Crippen LogP contribution < -0.4 is 5.32 Å². The second kappa shape index (κ2) is 7.14. The van der Waals surface area contributed by atoms with Crippen LogP contribution in [0.4, 0.5) is 0 Å². The van der Waals surface area contributed by atoms with E-state index < -0.39 is 5.54 Å². The summed E-state index contributed by atoms with van der Waals surface area (Å²) in [5.41, 5.74) is -0.478. The minimum atomic E-state index is -0.478. The molecule has 1 saturated carbocycles. The second-order valence-electron chi connectivity index (χ2n) is 5.81. The van der Waals surface area contributed by atoms with Crippen molar-refractivity contribution in [2.75, 3.05) is 20.3 Å². The van der Waals surface area contributed by atoms with Crippen molar-refractivity contribution in [2.24, 2.45) is 0 Å². The van der Waals surface area contributed by atoms with Gasteiger partial charge in [-0.25, -0.2) is 0 Å². The molecule has 116 valence electrons. The minimum absolute atomic E-state index is 0.0801. The van der Waals surface area contributed by atoms with E-state index >= 15 is 0 Å². The molecule has 5 heteroatoms. The fourth-order valence-corrected chi connectivity index (χ4v) is 4.97. The molecule has 1 aliphatic heterocycles. The van der Waals surface area contributed by atoms with Crippen molar-refractivity contribution < 1.29 is 14.3 Å². The third-order valence-electron chi connectivity index (χ3n) is 4.52. The Kier molecular flexibility index (Phi) is 5.75. The van der Waals surface area contributed by atoms with Gasteiger partial charge in [0.2, 0.25) is 0 Å². The molecule has 1 aliphatic carbocycles. The van der Waals surface area contributed by atoms with Gasteiger partial charge in [-0.05, 0) is 53.0 Å². The van der Waals surface area contributed by atoms with E-state index in [1.54, 1.807) is 0 Å². The van der Waals surface area contributed by atoms with Crippen LogP contribution in [0.3, 0.4) is 0 Å². The summed E-state index contributed by atoms with van der Waals surface area (Å²) in [6.45, 7) is 5.35. The Morgan fingerprint density at radius 1 is 1.50 bits per heavy atom. The number of esters is 1. The molecule has 1 saturated heterocycles. The summed E-state index contributed by atoms with van der Waals surface area (Å²) < 4.78 is 10.9. The number of likely N-dealkylation sites (N-methyl/N-ethyl adjacent to an activating group) is 1. The average Bonchev–Trinajstić information content (AvgIpc) is 2.84. The maximum absolute atomic E-state index is 12.3. The molecule has 2 fully saturated rings. The molecule has 0 aromatic rings. The molecule has 0 aromatic carbocycles.